The van der Waals surface area contributed by atoms with Gasteiger partial charge >= 0.3 is 0 Å². The maximum Gasteiger partial charge on any atom is 0.265 e. The molecule has 1 N–H and O–H groups in total. The predicted octanol–water partition coefficient (Wildman–Crippen LogP) is 4.36. The van der Waals surface area contributed by atoms with Crippen molar-refractivity contribution in [2.45, 2.75) is 13.8 Å². The van der Waals surface area contributed by atoms with E-state index in [1.165, 1.54) is 0 Å². The average molecular weight is 416 g/mol. The number of carbonyl (C=O) groups is 2. The van der Waals surface area contributed by atoms with E-state index in [9.17, 15) is 9.59 Å². The fourth-order valence-electron chi connectivity index (χ4n) is 3.44. The largest absolute Gasteiger partial charge is 0.492 e. The number of hydrogen-bond acceptors (Lipinski definition) is 4. The van der Waals surface area contributed by atoms with E-state index in [-0.39, 0.29) is 18.4 Å². The van der Waals surface area contributed by atoms with Crippen molar-refractivity contribution in [2.24, 2.45) is 0 Å². The second-order valence-electron chi connectivity index (χ2n) is 7.45. The summed E-state index contributed by atoms with van der Waals surface area (Å²) in [6, 6.07) is 20.5. The van der Waals surface area contributed by atoms with E-state index in [4.69, 9.17) is 9.47 Å². The molecule has 0 saturated heterocycles. The van der Waals surface area contributed by atoms with E-state index in [1.54, 1.807) is 29.2 Å². The first-order chi connectivity index (χ1) is 15.0. The van der Waals surface area contributed by atoms with Gasteiger partial charge < -0.3 is 19.7 Å². The van der Waals surface area contributed by atoms with E-state index in [2.05, 4.69) is 5.32 Å². The summed E-state index contributed by atoms with van der Waals surface area (Å²) in [5.74, 6) is 1.00. The topological polar surface area (TPSA) is 67.9 Å². The normalized spacial score (nSPS) is 12.7. The minimum absolute atomic E-state index is 0.0489. The molecule has 0 aliphatic carbocycles. The molecular formula is C25H24N2O4. The molecule has 0 aromatic heterocycles. The van der Waals surface area contributed by atoms with E-state index >= 15 is 0 Å². The highest BCUT2D eigenvalue weighted by atomic mass is 16.5. The number of rotatable bonds is 6. The van der Waals surface area contributed by atoms with Crippen LogP contribution in [0.1, 0.15) is 21.5 Å². The van der Waals surface area contributed by atoms with Crippen LogP contribution in [0.4, 0.5) is 11.4 Å². The molecule has 0 unspecified atom stereocenters. The van der Waals surface area contributed by atoms with Crippen molar-refractivity contribution >= 4 is 23.2 Å². The Balaban J connectivity index is 1.44. The van der Waals surface area contributed by atoms with E-state index in [0.717, 1.165) is 16.9 Å². The zero-order valence-electron chi connectivity index (χ0n) is 17.6. The molecule has 3 aromatic rings. The van der Waals surface area contributed by atoms with Crippen molar-refractivity contribution in [3.05, 3.63) is 83.4 Å². The summed E-state index contributed by atoms with van der Waals surface area (Å²) in [4.78, 5) is 26.6. The number of hydrogen-bond donors (Lipinski definition) is 1. The minimum atomic E-state index is -0.187. The number of nitrogens with zero attached hydrogens (tertiary/aromatic N) is 1. The Morgan fingerprint density at radius 1 is 1.06 bits per heavy atom. The van der Waals surface area contributed by atoms with Crippen molar-refractivity contribution in [3.63, 3.8) is 0 Å². The van der Waals surface area contributed by atoms with Gasteiger partial charge in [-0.25, -0.2) is 0 Å². The molecule has 0 bridgehead atoms. The SMILES string of the molecule is Cc1ccc(OCCN2C(=O)COc3cc(NC(=O)c4ccccc4C)ccc32)cc1. The Morgan fingerprint density at radius 2 is 1.84 bits per heavy atom. The van der Waals surface area contributed by atoms with Crippen LogP contribution >= 0.6 is 0 Å². The number of nitrogens with one attached hydrogen (secondary N) is 1. The van der Waals surface area contributed by atoms with Gasteiger partial charge in [-0.2, -0.15) is 0 Å². The maximum absolute atomic E-state index is 12.6. The van der Waals surface area contributed by atoms with Gasteiger partial charge in [-0.3, -0.25) is 9.59 Å². The molecular weight excluding hydrogens is 392 g/mol. The number of carbonyl (C=O) groups excluding carboxylic acids is 2. The highest BCUT2D eigenvalue weighted by Crippen LogP contribution is 2.34. The summed E-state index contributed by atoms with van der Waals surface area (Å²) in [6.07, 6.45) is 0. The van der Waals surface area contributed by atoms with E-state index in [1.807, 2.05) is 56.3 Å². The van der Waals surface area contributed by atoms with Crippen LogP contribution in [0.2, 0.25) is 0 Å². The monoisotopic (exact) mass is 416 g/mol. The first kappa shape index (κ1) is 20.5. The number of fused-ring (bicyclic) bond motifs is 1. The first-order valence-corrected chi connectivity index (χ1v) is 10.1. The van der Waals surface area contributed by atoms with Crippen molar-refractivity contribution < 1.29 is 19.1 Å². The highest BCUT2D eigenvalue weighted by Gasteiger charge is 2.26. The average Bonchev–Trinajstić information content (AvgIpc) is 2.77. The molecule has 0 fully saturated rings. The number of anilines is 2. The summed E-state index contributed by atoms with van der Waals surface area (Å²) in [5.41, 5.74) is 3.95. The van der Waals surface area contributed by atoms with Gasteiger partial charge in [0.1, 0.15) is 18.1 Å². The number of benzene rings is 3. The standard InChI is InChI=1S/C25H24N2O4/c1-17-7-10-20(11-8-17)30-14-13-27-22-12-9-19(15-23(22)31-16-24(27)28)26-25(29)21-6-4-3-5-18(21)2/h3-12,15H,13-14,16H2,1-2H3,(H,26,29). The molecule has 1 aliphatic rings. The summed E-state index contributed by atoms with van der Waals surface area (Å²) in [7, 11) is 0. The van der Waals surface area contributed by atoms with Gasteiger partial charge in [0.25, 0.3) is 11.8 Å². The Morgan fingerprint density at radius 3 is 2.61 bits per heavy atom. The molecule has 0 saturated carbocycles. The van der Waals surface area contributed by atoms with Crippen LogP contribution in [-0.2, 0) is 4.79 Å². The van der Waals surface area contributed by atoms with Gasteiger partial charge in [-0.15, -0.1) is 0 Å². The van der Waals surface area contributed by atoms with Gasteiger partial charge in [-0.05, 0) is 49.7 Å². The quantitative estimate of drug-likeness (QED) is 0.648. The fourth-order valence-corrected chi connectivity index (χ4v) is 3.44. The Hall–Kier alpha value is -3.80. The van der Waals surface area contributed by atoms with Gasteiger partial charge in [0.05, 0.1) is 12.2 Å². The molecule has 2 amide bonds. The van der Waals surface area contributed by atoms with Crippen LogP contribution in [-0.4, -0.2) is 31.6 Å². The Bertz CT molecular complexity index is 1110. The number of amides is 2. The van der Waals surface area contributed by atoms with Gasteiger partial charge in [0.2, 0.25) is 0 Å². The van der Waals surface area contributed by atoms with Crippen molar-refractivity contribution in [2.75, 3.05) is 30.0 Å². The van der Waals surface area contributed by atoms with E-state index in [0.29, 0.717) is 35.8 Å². The summed E-state index contributed by atoms with van der Waals surface area (Å²) in [5, 5.41) is 2.90. The smallest absolute Gasteiger partial charge is 0.265 e. The lowest BCUT2D eigenvalue weighted by atomic mass is 10.1. The zero-order valence-corrected chi connectivity index (χ0v) is 17.6. The minimum Gasteiger partial charge on any atom is -0.492 e. The van der Waals surface area contributed by atoms with E-state index < -0.39 is 0 Å². The molecule has 6 nitrogen and oxygen atoms in total. The molecule has 1 heterocycles. The van der Waals surface area contributed by atoms with Crippen LogP contribution in [0.3, 0.4) is 0 Å². The van der Waals surface area contributed by atoms with Crippen LogP contribution in [0.15, 0.2) is 66.7 Å². The fraction of sp³-hybridized carbons (Fsp3) is 0.200. The van der Waals surface area contributed by atoms with Crippen LogP contribution in [0.25, 0.3) is 0 Å². The highest BCUT2D eigenvalue weighted by molar-refractivity contribution is 6.06. The second-order valence-corrected chi connectivity index (χ2v) is 7.45. The molecule has 0 spiro atoms. The second kappa shape index (κ2) is 8.92. The number of ether oxygens (including phenoxy) is 2. The Kier molecular flexibility index (Phi) is 5.89. The lowest BCUT2D eigenvalue weighted by molar-refractivity contribution is -0.121. The molecule has 6 heteroatoms. The third kappa shape index (κ3) is 4.69. The molecule has 0 radical (unpaired) electrons. The third-order valence-corrected chi connectivity index (χ3v) is 5.15. The lowest BCUT2D eigenvalue weighted by Gasteiger charge is -2.29. The van der Waals surface area contributed by atoms with Crippen LogP contribution in [0, 0.1) is 13.8 Å². The van der Waals surface area contributed by atoms with Crippen LogP contribution in [0.5, 0.6) is 11.5 Å². The van der Waals surface area contributed by atoms with Crippen molar-refractivity contribution in [1.29, 1.82) is 0 Å². The van der Waals surface area contributed by atoms with Gasteiger partial charge in [0, 0.05) is 17.3 Å². The molecule has 31 heavy (non-hydrogen) atoms. The molecule has 158 valence electrons. The zero-order chi connectivity index (χ0) is 21.8. The first-order valence-electron chi connectivity index (χ1n) is 10.1. The third-order valence-electron chi connectivity index (χ3n) is 5.15. The van der Waals surface area contributed by atoms with Gasteiger partial charge in [0.15, 0.2) is 6.61 Å². The molecule has 3 aromatic carbocycles. The molecule has 4 rings (SSSR count). The summed E-state index contributed by atoms with van der Waals surface area (Å²) < 4.78 is 11.4. The predicted molar refractivity (Wildman–Crippen MR) is 120 cm³/mol. The van der Waals surface area contributed by atoms with Crippen LogP contribution < -0.4 is 19.7 Å². The van der Waals surface area contributed by atoms with Crippen molar-refractivity contribution in [1.82, 2.24) is 0 Å². The molecule has 0 atom stereocenters. The maximum atomic E-state index is 12.6. The summed E-state index contributed by atoms with van der Waals surface area (Å²) in [6.45, 7) is 4.63. The summed E-state index contributed by atoms with van der Waals surface area (Å²) >= 11 is 0. The number of aryl methyl sites for hydroxylation is 2. The Labute approximate surface area is 181 Å². The van der Waals surface area contributed by atoms with Gasteiger partial charge in [-0.1, -0.05) is 35.9 Å². The lowest BCUT2D eigenvalue weighted by Crippen LogP contribution is -2.41. The molecule has 1 aliphatic heterocycles. The van der Waals surface area contributed by atoms with Crippen molar-refractivity contribution in [3.8, 4) is 11.5 Å².